The van der Waals surface area contributed by atoms with Gasteiger partial charge in [-0.1, -0.05) is 19.1 Å². The van der Waals surface area contributed by atoms with Crippen molar-refractivity contribution in [3.05, 3.63) is 35.4 Å². The van der Waals surface area contributed by atoms with Crippen molar-refractivity contribution in [3.8, 4) is 0 Å². The second-order valence-electron chi connectivity index (χ2n) is 4.86. The van der Waals surface area contributed by atoms with Crippen molar-refractivity contribution in [1.29, 1.82) is 0 Å². The van der Waals surface area contributed by atoms with Gasteiger partial charge in [-0.3, -0.25) is 4.90 Å². The normalized spacial score (nSPS) is 16.3. The molecule has 0 bridgehead atoms. The molecule has 4 nitrogen and oxygen atoms in total. The maximum atomic E-state index is 11.7. The van der Waals surface area contributed by atoms with Crippen molar-refractivity contribution >= 4 is 5.97 Å². The Morgan fingerprint density at radius 3 is 2.58 bits per heavy atom. The summed E-state index contributed by atoms with van der Waals surface area (Å²) in [5, 5.41) is 3.34. The highest BCUT2D eigenvalue weighted by Gasteiger charge is 2.11. The Balaban J connectivity index is 1.88. The summed E-state index contributed by atoms with van der Waals surface area (Å²) in [5.41, 5.74) is 1.88. The Morgan fingerprint density at radius 1 is 1.26 bits per heavy atom. The van der Waals surface area contributed by atoms with Crippen LogP contribution in [0, 0.1) is 0 Å². The van der Waals surface area contributed by atoms with Crippen LogP contribution < -0.4 is 5.32 Å². The number of nitrogens with zero attached hydrogens (tertiary/aromatic N) is 1. The standard InChI is InChI=1S/C15H22N2O2/c1-2-11-19-15(18)14-5-3-13(4-6-14)12-17-9-7-16-8-10-17/h3-6,16H,2,7-12H2,1H3. The van der Waals surface area contributed by atoms with Gasteiger partial charge in [-0.05, 0) is 24.1 Å². The average molecular weight is 262 g/mol. The first-order valence-corrected chi connectivity index (χ1v) is 6.98. The van der Waals surface area contributed by atoms with Crippen LogP contribution in [0.3, 0.4) is 0 Å². The van der Waals surface area contributed by atoms with Crippen LogP contribution >= 0.6 is 0 Å². The highest BCUT2D eigenvalue weighted by molar-refractivity contribution is 5.89. The number of hydrogen-bond donors (Lipinski definition) is 1. The monoisotopic (exact) mass is 262 g/mol. The Bertz CT molecular complexity index is 397. The van der Waals surface area contributed by atoms with E-state index in [1.807, 2.05) is 31.2 Å². The van der Waals surface area contributed by atoms with Gasteiger partial charge >= 0.3 is 5.97 Å². The van der Waals surface area contributed by atoms with E-state index in [0.29, 0.717) is 12.2 Å². The first-order valence-electron chi connectivity index (χ1n) is 6.98. The maximum absolute atomic E-state index is 11.7. The summed E-state index contributed by atoms with van der Waals surface area (Å²) in [4.78, 5) is 14.1. The fraction of sp³-hybridized carbons (Fsp3) is 0.533. The zero-order valence-electron chi connectivity index (χ0n) is 11.5. The van der Waals surface area contributed by atoms with E-state index in [1.54, 1.807) is 0 Å². The van der Waals surface area contributed by atoms with Gasteiger partial charge in [0.15, 0.2) is 0 Å². The van der Waals surface area contributed by atoms with Gasteiger partial charge in [0, 0.05) is 32.7 Å². The molecular weight excluding hydrogens is 240 g/mol. The van der Waals surface area contributed by atoms with Crippen molar-refractivity contribution in [2.75, 3.05) is 32.8 Å². The number of ether oxygens (including phenoxy) is 1. The Hall–Kier alpha value is -1.39. The minimum atomic E-state index is -0.226. The van der Waals surface area contributed by atoms with Crippen LogP contribution in [-0.2, 0) is 11.3 Å². The summed E-state index contributed by atoms with van der Waals surface area (Å²) in [5.74, 6) is -0.226. The third kappa shape index (κ3) is 4.33. The van der Waals surface area contributed by atoms with E-state index in [0.717, 1.165) is 39.1 Å². The maximum Gasteiger partial charge on any atom is 0.338 e. The van der Waals surface area contributed by atoms with Gasteiger partial charge in [0.2, 0.25) is 0 Å². The van der Waals surface area contributed by atoms with Crippen LogP contribution in [0.2, 0.25) is 0 Å². The number of nitrogens with one attached hydrogen (secondary N) is 1. The molecule has 104 valence electrons. The van der Waals surface area contributed by atoms with E-state index in [2.05, 4.69) is 10.2 Å². The molecule has 1 saturated heterocycles. The van der Waals surface area contributed by atoms with E-state index in [4.69, 9.17) is 4.74 Å². The predicted octanol–water partition coefficient (Wildman–Crippen LogP) is 1.66. The molecule has 0 amide bonds. The molecule has 0 radical (unpaired) electrons. The molecule has 1 N–H and O–H groups in total. The number of carbonyl (C=O) groups is 1. The average Bonchev–Trinajstić information content (AvgIpc) is 2.46. The summed E-state index contributed by atoms with van der Waals surface area (Å²) in [6, 6.07) is 7.75. The van der Waals surface area contributed by atoms with Gasteiger partial charge in [0.05, 0.1) is 12.2 Å². The molecule has 4 heteroatoms. The lowest BCUT2D eigenvalue weighted by atomic mass is 10.1. The zero-order valence-corrected chi connectivity index (χ0v) is 11.5. The second-order valence-corrected chi connectivity index (χ2v) is 4.86. The molecule has 1 fully saturated rings. The second kappa shape index (κ2) is 7.26. The molecule has 0 aliphatic carbocycles. The van der Waals surface area contributed by atoms with Gasteiger partial charge in [-0.15, -0.1) is 0 Å². The molecule has 1 aromatic carbocycles. The number of esters is 1. The first-order chi connectivity index (χ1) is 9.29. The molecular formula is C15H22N2O2. The smallest absolute Gasteiger partial charge is 0.338 e. The first kappa shape index (κ1) is 14.0. The molecule has 0 aromatic heterocycles. The van der Waals surface area contributed by atoms with Crippen LogP contribution in [0.4, 0.5) is 0 Å². The van der Waals surface area contributed by atoms with Crippen molar-refractivity contribution in [2.45, 2.75) is 19.9 Å². The number of piperazine rings is 1. The Morgan fingerprint density at radius 2 is 1.95 bits per heavy atom. The largest absolute Gasteiger partial charge is 0.462 e. The van der Waals surface area contributed by atoms with E-state index in [1.165, 1.54) is 5.56 Å². The summed E-state index contributed by atoms with van der Waals surface area (Å²) >= 11 is 0. The van der Waals surface area contributed by atoms with Gasteiger partial charge < -0.3 is 10.1 Å². The topological polar surface area (TPSA) is 41.6 Å². The lowest BCUT2D eigenvalue weighted by molar-refractivity contribution is 0.0505. The summed E-state index contributed by atoms with van der Waals surface area (Å²) in [6.07, 6.45) is 0.854. The van der Waals surface area contributed by atoms with Crippen molar-refractivity contribution < 1.29 is 9.53 Å². The van der Waals surface area contributed by atoms with Gasteiger partial charge in [-0.25, -0.2) is 4.79 Å². The minimum absolute atomic E-state index is 0.226. The third-order valence-electron chi connectivity index (χ3n) is 3.24. The van der Waals surface area contributed by atoms with Crippen LogP contribution in [-0.4, -0.2) is 43.7 Å². The van der Waals surface area contributed by atoms with Crippen LogP contribution in [0.1, 0.15) is 29.3 Å². The quantitative estimate of drug-likeness (QED) is 0.819. The van der Waals surface area contributed by atoms with Gasteiger partial charge in [0.1, 0.15) is 0 Å². The van der Waals surface area contributed by atoms with Crippen LogP contribution in [0.25, 0.3) is 0 Å². The zero-order chi connectivity index (χ0) is 13.5. The fourth-order valence-corrected chi connectivity index (χ4v) is 2.15. The number of carbonyl (C=O) groups excluding carboxylic acids is 1. The molecule has 0 unspecified atom stereocenters. The molecule has 1 aliphatic rings. The molecule has 1 aliphatic heterocycles. The summed E-state index contributed by atoms with van der Waals surface area (Å²) < 4.78 is 5.11. The molecule has 1 heterocycles. The van der Waals surface area contributed by atoms with Crippen molar-refractivity contribution in [1.82, 2.24) is 10.2 Å². The highest BCUT2D eigenvalue weighted by Crippen LogP contribution is 2.09. The lowest BCUT2D eigenvalue weighted by Crippen LogP contribution is -2.42. The van der Waals surface area contributed by atoms with E-state index in [9.17, 15) is 4.79 Å². The molecule has 1 aromatic rings. The molecule has 2 rings (SSSR count). The molecule has 0 spiro atoms. The van der Waals surface area contributed by atoms with E-state index < -0.39 is 0 Å². The van der Waals surface area contributed by atoms with E-state index >= 15 is 0 Å². The van der Waals surface area contributed by atoms with Gasteiger partial charge in [0.25, 0.3) is 0 Å². The highest BCUT2D eigenvalue weighted by atomic mass is 16.5. The Labute approximate surface area is 114 Å². The molecule has 0 atom stereocenters. The fourth-order valence-electron chi connectivity index (χ4n) is 2.15. The van der Waals surface area contributed by atoms with Crippen molar-refractivity contribution in [3.63, 3.8) is 0 Å². The SMILES string of the molecule is CCCOC(=O)c1ccc(CN2CCNCC2)cc1. The van der Waals surface area contributed by atoms with E-state index in [-0.39, 0.29) is 5.97 Å². The minimum Gasteiger partial charge on any atom is -0.462 e. The van der Waals surface area contributed by atoms with Gasteiger partial charge in [-0.2, -0.15) is 0 Å². The summed E-state index contributed by atoms with van der Waals surface area (Å²) in [7, 11) is 0. The number of hydrogen-bond acceptors (Lipinski definition) is 4. The van der Waals surface area contributed by atoms with Crippen molar-refractivity contribution in [2.24, 2.45) is 0 Å². The summed E-state index contributed by atoms with van der Waals surface area (Å²) in [6.45, 7) is 7.71. The van der Waals surface area contributed by atoms with Crippen LogP contribution in [0.15, 0.2) is 24.3 Å². The Kier molecular flexibility index (Phi) is 5.36. The number of rotatable bonds is 5. The number of benzene rings is 1. The predicted molar refractivity (Wildman–Crippen MR) is 75.2 cm³/mol. The molecule has 0 saturated carbocycles. The van der Waals surface area contributed by atoms with Crippen LogP contribution in [0.5, 0.6) is 0 Å². The lowest BCUT2D eigenvalue weighted by Gasteiger charge is -2.27. The molecule has 19 heavy (non-hydrogen) atoms. The third-order valence-corrected chi connectivity index (χ3v) is 3.24.